The maximum absolute atomic E-state index is 5.50. The van der Waals surface area contributed by atoms with E-state index in [4.69, 9.17) is 4.74 Å². The third-order valence-corrected chi connectivity index (χ3v) is 3.26. The molecule has 1 N–H and O–H groups in total. The molecular formula is C18H25N3O. The van der Waals surface area contributed by atoms with Gasteiger partial charge in [-0.1, -0.05) is 23.8 Å². The van der Waals surface area contributed by atoms with E-state index in [0.29, 0.717) is 6.10 Å². The van der Waals surface area contributed by atoms with Crippen LogP contribution < -0.4 is 5.32 Å². The SMILES string of the molecule is Cc1cccc(-c2ncc(CNCCCOC(C)C)cn2)c1. The van der Waals surface area contributed by atoms with E-state index < -0.39 is 0 Å². The molecule has 0 fully saturated rings. The van der Waals surface area contributed by atoms with Gasteiger partial charge < -0.3 is 10.1 Å². The number of hydrogen-bond acceptors (Lipinski definition) is 4. The fourth-order valence-corrected chi connectivity index (χ4v) is 2.13. The second-order valence-corrected chi connectivity index (χ2v) is 5.73. The summed E-state index contributed by atoms with van der Waals surface area (Å²) in [6.45, 7) is 8.71. The highest BCUT2D eigenvalue weighted by atomic mass is 16.5. The topological polar surface area (TPSA) is 47.0 Å². The average molecular weight is 299 g/mol. The van der Waals surface area contributed by atoms with E-state index in [-0.39, 0.29) is 0 Å². The molecule has 0 radical (unpaired) electrons. The molecule has 0 aliphatic rings. The van der Waals surface area contributed by atoms with Gasteiger partial charge in [0, 0.05) is 36.7 Å². The minimum Gasteiger partial charge on any atom is -0.379 e. The van der Waals surface area contributed by atoms with Crippen molar-refractivity contribution in [3.8, 4) is 11.4 Å². The van der Waals surface area contributed by atoms with Crippen molar-refractivity contribution >= 4 is 0 Å². The van der Waals surface area contributed by atoms with E-state index >= 15 is 0 Å². The molecule has 1 aromatic carbocycles. The molecule has 0 spiro atoms. The number of ether oxygens (including phenoxy) is 1. The van der Waals surface area contributed by atoms with Crippen LogP contribution in [0.2, 0.25) is 0 Å². The maximum Gasteiger partial charge on any atom is 0.159 e. The average Bonchev–Trinajstić information content (AvgIpc) is 2.51. The Hall–Kier alpha value is -1.78. The number of aromatic nitrogens is 2. The normalized spacial score (nSPS) is 11.1. The Morgan fingerprint density at radius 1 is 1.18 bits per heavy atom. The molecule has 0 bridgehead atoms. The third-order valence-electron chi connectivity index (χ3n) is 3.26. The smallest absolute Gasteiger partial charge is 0.159 e. The summed E-state index contributed by atoms with van der Waals surface area (Å²) in [5.74, 6) is 0.776. The Labute approximate surface area is 133 Å². The molecule has 0 aliphatic heterocycles. The summed E-state index contributed by atoms with van der Waals surface area (Å²) in [4.78, 5) is 8.91. The Morgan fingerprint density at radius 2 is 1.95 bits per heavy atom. The molecule has 2 aromatic rings. The molecule has 118 valence electrons. The van der Waals surface area contributed by atoms with Crippen LogP contribution in [-0.2, 0) is 11.3 Å². The summed E-state index contributed by atoms with van der Waals surface area (Å²) in [7, 11) is 0. The lowest BCUT2D eigenvalue weighted by Gasteiger charge is -2.08. The van der Waals surface area contributed by atoms with Gasteiger partial charge in [-0.3, -0.25) is 0 Å². The molecule has 0 saturated heterocycles. The van der Waals surface area contributed by atoms with E-state index in [9.17, 15) is 0 Å². The summed E-state index contributed by atoms with van der Waals surface area (Å²) in [6.07, 6.45) is 5.10. The summed E-state index contributed by atoms with van der Waals surface area (Å²) in [5, 5.41) is 3.38. The third kappa shape index (κ3) is 5.54. The van der Waals surface area contributed by atoms with Crippen LogP contribution in [0.1, 0.15) is 31.4 Å². The molecule has 4 nitrogen and oxygen atoms in total. The summed E-state index contributed by atoms with van der Waals surface area (Å²) in [6, 6.07) is 8.24. The van der Waals surface area contributed by atoms with Crippen LogP contribution in [0.15, 0.2) is 36.7 Å². The summed E-state index contributed by atoms with van der Waals surface area (Å²) >= 11 is 0. The molecular weight excluding hydrogens is 274 g/mol. The van der Waals surface area contributed by atoms with Crippen molar-refractivity contribution in [1.29, 1.82) is 0 Å². The Morgan fingerprint density at radius 3 is 2.64 bits per heavy atom. The van der Waals surface area contributed by atoms with Gasteiger partial charge in [0.05, 0.1) is 6.10 Å². The predicted molar refractivity (Wildman–Crippen MR) is 89.6 cm³/mol. The van der Waals surface area contributed by atoms with Crippen molar-refractivity contribution < 1.29 is 4.74 Å². The van der Waals surface area contributed by atoms with E-state index in [1.165, 1.54) is 5.56 Å². The molecule has 0 saturated carbocycles. The van der Waals surface area contributed by atoms with Gasteiger partial charge in [0.1, 0.15) is 0 Å². The fourth-order valence-electron chi connectivity index (χ4n) is 2.13. The van der Waals surface area contributed by atoms with E-state index in [2.05, 4.69) is 48.2 Å². The van der Waals surface area contributed by atoms with Crippen molar-refractivity contribution in [1.82, 2.24) is 15.3 Å². The van der Waals surface area contributed by atoms with Crippen molar-refractivity contribution in [2.75, 3.05) is 13.2 Å². The van der Waals surface area contributed by atoms with Crippen molar-refractivity contribution in [2.45, 2.75) is 39.8 Å². The lowest BCUT2D eigenvalue weighted by molar-refractivity contribution is 0.0770. The van der Waals surface area contributed by atoms with Crippen LogP contribution in [0.4, 0.5) is 0 Å². The van der Waals surface area contributed by atoms with Crippen LogP contribution in [-0.4, -0.2) is 29.2 Å². The van der Waals surface area contributed by atoms with Gasteiger partial charge in [-0.2, -0.15) is 0 Å². The highest BCUT2D eigenvalue weighted by Gasteiger charge is 2.01. The van der Waals surface area contributed by atoms with Crippen LogP contribution in [0.25, 0.3) is 11.4 Å². The van der Waals surface area contributed by atoms with Crippen molar-refractivity contribution in [3.63, 3.8) is 0 Å². The molecule has 2 rings (SSSR count). The largest absolute Gasteiger partial charge is 0.379 e. The van der Waals surface area contributed by atoms with Gasteiger partial charge in [-0.05, 0) is 39.8 Å². The number of rotatable bonds is 8. The molecule has 0 amide bonds. The van der Waals surface area contributed by atoms with Crippen molar-refractivity contribution in [3.05, 3.63) is 47.8 Å². The summed E-state index contributed by atoms with van der Waals surface area (Å²) in [5.41, 5.74) is 3.38. The number of nitrogens with zero attached hydrogens (tertiary/aromatic N) is 2. The highest BCUT2D eigenvalue weighted by Crippen LogP contribution is 2.15. The number of hydrogen-bond donors (Lipinski definition) is 1. The lowest BCUT2D eigenvalue weighted by atomic mass is 10.1. The minimum atomic E-state index is 0.308. The first kappa shape index (κ1) is 16.6. The first-order valence-corrected chi connectivity index (χ1v) is 7.85. The maximum atomic E-state index is 5.50. The van der Waals surface area contributed by atoms with Gasteiger partial charge in [-0.15, -0.1) is 0 Å². The summed E-state index contributed by atoms with van der Waals surface area (Å²) < 4.78 is 5.50. The minimum absolute atomic E-state index is 0.308. The molecule has 0 aliphatic carbocycles. The fraction of sp³-hybridized carbons (Fsp3) is 0.444. The molecule has 0 atom stereocenters. The molecule has 22 heavy (non-hydrogen) atoms. The second kappa shape index (κ2) is 8.61. The predicted octanol–water partition coefficient (Wildman–Crippen LogP) is 3.36. The van der Waals surface area contributed by atoms with Gasteiger partial charge >= 0.3 is 0 Å². The van der Waals surface area contributed by atoms with Gasteiger partial charge in [0.15, 0.2) is 5.82 Å². The van der Waals surface area contributed by atoms with Crippen LogP contribution in [0, 0.1) is 6.92 Å². The molecule has 0 unspecified atom stereocenters. The Kier molecular flexibility index (Phi) is 6.49. The second-order valence-electron chi connectivity index (χ2n) is 5.73. The zero-order valence-corrected chi connectivity index (χ0v) is 13.7. The monoisotopic (exact) mass is 299 g/mol. The Balaban J connectivity index is 1.77. The van der Waals surface area contributed by atoms with Gasteiger partial charge in [-0.25, -0.2) is 9.97 Å². The van der Waals surface area contributed by atoms with Crippen LogP contribution >= 0.6 is 0 Å². The Bertz CT molecular complexity index is 567. The van der Waals surface area contributed by atoms with Gasteiger partial charge in [0.25, 0.3) is 0 Å². The van der Waals surface area contributed by atoms with Gasteiger partial charge in [0.2, 0.25) is 0 Å². The lowest BCUT2D eigenvalue weighted by Crippen LogP contribution is -2.17. The molecule has 1 heterocycles. The van der Waals surface area contributed by atoms with E-state index in [1.807, 2.05) is 24.5 Å². The van der Waals surface area contributed by atoms with E-state index in [1.54, 1.807) is 0 Å². The zero-order chi connectivity index (χ0) is 15.8. The van der Waals surface area contributed by atoms with E-state index in [0.717, 1.165) is 43.1 Å². The number of benzene rings is 1. The molecule has 4 heteroatoms. The van der Waals surface area contributed by atoms with Crippen LogP contribution in [0.3, 0.4) is 0 Å². The van der Waals surface area contributed by atoms with Crippen LogP contribution in [0.5, 0.6) is 0 Å². The zero-order valence-electron chi connectivity index (χ0n) is 13.7. The highest BCUT2D eigenvalue weighted by molar-refractivity contribution is 5.55. The van der Waals surface area contributed by atoms with Crippen molar-refractivity contribution in [2.24, 2.45) is 0 Å². The first-order chi connectivity index (χ1) is 10.6. The number of nitrogens with one attached hydrogen (secondary N) is 1. The standard InChI is InChI=1S/C18H25N3O/c1-14(2)22-9-5-8-19-11-16-12-20-18(21-13-16)17-7-4-6-15(3)10-17/h4,6-7,10,12-14,19H,5,8-9,11H2,1-3H3. The quantitative estimate of drug-likeness (QED) is 0.759. The first-order valence-electron chi connectivity index (χ1n) is 7.85. The molecule has 1 aromatic heterocycles. The number of aryl methyl sites for hydroxylation is 1.